The average molecular weight is 342 g/mol. The quantitative estimate of drug-likeness (QED) is 0.703. The van der Waals surface area contributed by atoms with Gasteiger partial charge in [-0.3, -0.25) is 0 Å². The van der Waals surface area contributed by atoms with Gasteiger partial charge in [-0.1, -0.05) is 12.7 Å². The van der Waals surface area contributed by atoms with Gasteiger partial charge in [-0.2, -0.15) is 0 Å². The highest BCUT2D eigenvalue weighted by atomic mass is 79.9. The SMILES string of the molecule is C=Cc1c(Br)cnc(Br)c1Br. The van der Waals surface area contributed by atoms with Gasteiger partial charge in [-0.05, 0) is 47.8 Å². The van der Waals surface area contributed by atoms with Crippen molar-refractivity contribution in [2.45, 2.75) is 0 Å². The Morgan fingerprint density at radius 3 is 2.45 bits per heavy atom. The maximum atomic E-state index is 4.06. The van der Waals surface area contributed by atoms with Gasteiger partial charge in [0.25, 0.3) is 0 Å². The molecule has 1 nitrogen and oxygen atoms in total. The van der Waals surface area contributed by atoms with Crippen LogP contribution in [0.1, 0.15) is 5.56 Å². The molecule has 0 spiro atoms. The molecule has 1 aromatic heterocycles. The first-order valence-electron chi connectivity index (χ1n) is 2.78. The molecular weight excluding hydrogens is 338 g/mol. The maximum Gasteiger partial charge on any atom is 0.120 e. The van der Waals surface area contributed by atoms with Crippen molar-refractivity contribution in [3.8, 4) is 0 Å². The van der Waals surface area contributed by atoms with Crippen LogP contribution in [0.3, 0.4) is 0 Å². The van der Waals surface area contributed by atoms with Gasteiger partial charge in [0.15, 0.2) is 0 Å². The minimum absolute atomic E-state index is 0.788. The molecule has 0 aliphatic rings. The van der Waals surface area contributed by atoms with Crippen molar-refractivity contribution < 1.29 is 0 Å². The molecule has 0 saturated heterocycles. The molecule has 1 heterocycles. The summed E-state index contributed by atoms with van der Waals surface area (Å²) >= 11 is 10.0. The summed E-state index contributed by atoms with van der Waals surface area (Å²) in [4.78, 5) is 4.06. The lowest BCUT2D eigenvalue weighted by Crippen LogP contribution is -1.83. The zero-order valence-corrected chi connectivity index (χ0v) is 10.2. The lowest BCUT2D eigenvalue weighted by atomic mass is 10.3. The van der Waals surface area contributed by atoms with E-state index in [2.05, 4.69) is 59.4 Å². The summed E-state index contributed by atoms with van der Waals surface area (Å²) in [5.41, 5.74) is 1.01. The van der Waals surface area contributed by atoms with E-state index >= 15 is 0 Å². The fourth-order valence-electron chi connectivity index (χ4n) is 0.643. The van der Waals surface area contributed by atoms with Crippen LogP contribution in [0.25, 0.3) is 6.08 Å². The summed E-state index contributed by atoms with van der Waals surface area (Å²) in [7, 11) is 0. The minimum Gasteiger partial charge on any atom is -0.247 e. The van der Waals surface area contributed by atoms with Gasteiger partial charge in [0.1, 0.15) is 4.60 Å². The monoisotopic (exact) mass is 339 g/mol. The summed E-state index contributed by atoms with van der Waals surface area (Å²) in [6, 6.07) is 0. The molecule has 0 saturated carbocycles. The summed E-state index contributed by atoms with van der Waals surface area (Å²) < 4.78 is 2.64. The van der Waals surface area contributed by atoms with E-state index in [4.69, 9.17) is 0 Å². The normalized spacial score (nSPS) is 9.73. The van der Waals surface area contributed by atoms with Crippen molar-refractivity contribution in [1.82, 2.24) is 4.98 Å². The highest BCUT2D eigenvalue weighted by Crippen LogP contribution is 2.30. The fraction of sp³-hybridized carbons (Fsp3) is 0. The average Bonchev–Trinajstić information content (AvgIpc) is 1.99. The van der Waals surface area contributed by atoms with Crippen molar-refractivity contribution in [2.24, 2.45) is 0 Å². The first-order valence-corrected chi connectivity index (χ1v) is 5.16. The number of pyridine rings is 1. The molecule has 0 bridgehead atoms. The first-order chi connectivity index (χ1) is 5.16. The first kappa shape index (κ1) is 9.42. The molecule has 0 atom stereocenters. The largest absolute Gasteiger partial charge is 0.247 e. The molecule has 4 heteroatoms. The molecule has 0 aromatic carbocycles. The van der Waals surface area contributed by atoms with Crippen LogP contribution < -0.4 is 0 Å². The molecule has 0 radical (unpaired) electrons. The Bertz CT molecular complexity index is 296. The molecule has 0 unspecified atom stereocenters. The molecule has 0 aliphatic carbocycles. The van der Waals surface area contributed by atoms with E-state index in [1.54, 1.807) is 12.3 Å². The topological polar surface area (TPSA) is 12.9 Å². The molecule has 1 aromatic rings. The molecule has 0 aliphatic heterocycles. The van der Waals surface area contributed by atoms with Gasteiger partial charge in [0.05, 0.1) is 4.47 Å². The second kappa shape index (κ2) is 3.83. The lowest BCUT2D eigenvalue weighted by Gasteiger charge is -2.01. The van der Waals surface area contributed by atoms with Crippen molar-refractivity contribution in [2.75, 3.05) is 0 Å². The van der Waals surface area contributed by atoms with Crippen molar-refractivity contribution in [1.29, 1.82) is 0 Å². The number of nitrogens with zero attached hydrogens (tertiary/aromatic N) is 1. The van der Waals surface area contributed by atoms with Crippen LogP contribution in [0.2, 0.25) is 0 Å². The Kier molecular flexibility index (Phi) is 3.28. The Morgan fingerprint density at radius 2 is 2.00 bits per heavy atom. The van der Waals surface area contributed by atoms with Crippen LogP contribution in [0, 0.1) is 0 Å². The van der Waals surface area contributed by atoms with Crippen molar-refractivity contribution in [3.05, 3.63) is 31.9 Å². The van der Waals surface area contributed by atoms with Crippen molar-refractivity contribution >= 4 is 53.9 Å². The standard InChI is InChI=1S/C7H4Br3N/c1-2-4-5(8)3-11-7(10)6(4)9/h2-3H,1H2. The van der Waals surface area contributed by atoms with E-state index in [1.807, 2.05) is 0 Å². The third-order valence-corrected chi connectivity index (χ3v) is 3.74. The van der Waals surface area contributed by atoms with E-state index in [0.29, 0.717) is 0 Å². The summed E-state index contributed by atoms with van der Waals surface area (Å²) in [5, 5.41) is 0. The molecule has 0 fully saturated rings. The highest BCUT2D eigenvalue weighted by Gasteiger charge is 2.05. The minimum atomic E-state index is 0.788. The number of halogens is 3. The van der Waals surface area contributed by atoms with Gasteiger partial charge in [-0.15, -0.1) is 0 Å². The van der Waals surface area contributed by atoms with Gasteiger partial charge < -0.3 is 0 Å². The molecule has 0 amide bonds. The molecule has 0 N–H and O–H groups in total. The van der Waals surface area contributed by atoms with E-state index in [0.717, 1.165) is 19.1 Å². The zero-order chi connectivity index (χ0) is 8.43. The summed E-state index contributed by atoms with van der Waals surface area (Å²) in [6.07, 6.45) is 3.49. The third-order valence-electron chi connectivity index (χ3n) is 1.17. The van der Waals surface area contributed by atoms with Crippen LogP contribution in [0.4, 0.5) is 0 Å². The predicted octanol–water partition coefficient (Wildman–Crippen LogP) is 4.01. The van der Waals surface area contributed by atoms with Gasteiger partial charge in [0.2, 0.25) is 0 Å². The van der Waals surface area contributed by atoms with Gasteiger partial charge in [0, 0.05) is 16.2 Å². The van der Waals surface area contributed by atoms with Crippen LogP contribution >= 0.6 is 47.8 Å². The van der Waals surface area contributed by atoms with Gasteiger partial charge >= 0.3 is 0 Å². The van der Waals surface area contributed by atoms with Crippen LogP contribution in [0.15, 0.2) is 26.3 Å². The van der Waals surface area contributed by atoms with E-state index < -0.39 is 0 Å². The highest BCUT2D eigenvalue weighted by molar-refractivity contribution is 9.13. The Labute approximate surface area is 90.3 Å². The van der Waals surface area contributed by atoms with E-state index in [9.17, 15) is 0 Å². The molecule has 11 heavy (non-hydrogen) atoms. The molecular formula is C7H4Br3N. The van der Waals surface area contributed by atoms with Gasteiger partial charge in [-0.25, -0.2) is 4.98 Å². The van der Waals surface area contributed by atoms with Crippen molar-refractivity contribution in [3.63, 3.8) is 0 Å². The van der Waals surface area contributed by atoms with E-state index in [-0.39, 0.29) is 0 Å². The Balaban J connectivity index is 3.40. The van der Waals surface area contributed by atoms with E-state index in [1.165, 1.54) is 0 Å². The third kappa shape index (κ3) is 1.92. The molecule has 1 rings (SSSR count). The zero-order valence-electron chi connectivity index (χ0n) is 5.44. The number of hydrogen-bond donors (Lipinski definition) is 0. The lowest BCUT2D eigenvalue weighted by molar-refractivity contribution is 1.23. The summed E-state index contributed by atoms with van der Waals surface area (Å²) in [6.45, 7) is 3.69. The smallest absolute Gasteiger partial charge is 0.120 e. The Morgan fingerprint density at radius 1 is 1.36 bits per heavy atom. The predicted molar refractivity (Wildman–Crippen MR) is 57.4 cm³/mol. The maximum absolute atomic E-state index is 4.06. The Hall–Kier alpha value is 0.330. The van der Waals surface area contributed by atoms with Crippen LogP contribution in [0.5, 0.6) is 0 Å². The summed E-state index contributed by atoms with van der Waals surface area (Å²) in [5.74, 6) is 0. The number of hydrogen-bond acceptors (Lipinski definition) is 1. The second-order valence-electron chi connectivity index (χ2n) is 1.83. The number of rotatable bonds is 1. The number of aromatic nitrogens is 1. The van der Waals surface area contributed by atoms with Crippen LogP contribution in [-0.4, -0.2) is 4.98 Å². The second-order valence-corrected chi connectivity index (χ2v) is 4.23. The fourth-order valence-corrected chi connectivity index (χ4v) is 2.16. The van der Waals surface area contributed by atoms with Crippen LogP contribution in [-0.2, 0) is 0 Å². The molecule has 58 valence electrons.